The summed E-state index contributed by atoms with van der Waals surface area (Å²) in [4.78, 5) is 4.32. The third-order valence-corrected chi connectivity index (χ3v) is 2.89. The summed E-state index contributed by atoms with van der Waals surface area (Å²) < 4.78 is 10.1. The van der Waals surface area contributed by atoms with Crippen molar-refractivity contribution in [3.63, 3.8) is 0 Å². The molecule has 1 heterocycles. The molecule has 0 radical (unpaired) electrons. The second-order valence-electron chi connectivity index (χ2n) is 4.12. The Morgan fingerprint density at radius 1 is 1.53 bits per heavy atom. The van der Waals surface area contributed by atoms with Crippen LogP contribution in [0, 0.1) is 0 Å². The van der Waals surface area contributed by atoms with Gasteiger partial charge >= 0.3 is 0 Å². The predicted molar refractivity (Wildman–Crippen MR) is 54.2 cm³/mol. The molecule has 0 bridgehead atoms. The summed E-state index contributed by atoms with van der Waals surface area (Å²) in [5, 5.41) is 3.91. The normalized spacial score (nSPS) is 18.8. The molecule has 2 rings (SSSR count). The van der Waals surface area contributed by atoms with Crippen LogP contribution in [0.25, 0.3) is 0 Å². The van der Waals surface area contributed by atoms with Crippen LogP contribution in [-0.4, -0.2) is 23.9 Å². The molecule has 0 aliphatic heterocycles. The van der Waals surface area contributed by atoms with Crippen LogP contribution in [0.2, 0.25) is 0 Å². The highest BCUT2D eigenvalue weighted by molar-refractivity contribution is 5.07. The molecule has 1 aromatic heterocycles. The van der Waals surface area contributed by atoms with Crippen LogP contribution in [0.1, 0.15) is 37.4 Å². The summed E-state index contributed by atoms with van der Waals surface area (Å²) in [5.74, 6) is 1.33. The van der Waals surface area contributed by atoms with E-state index in [-0.39, 0.29) is 5.54 Å². The van der Waals surface area contributed by atoms with Gasteiger partial charge in [-0.2, -0.15) is 4.98 Å². The lowest BCUT2D eigenvalue weighted by Crippen LogP contribution is -2.43. The van der Waals surface area contributed by atoms with E-state index < -0.39 is 0 Å². The number of hydrogen-bond donors (Lipinski definition) is 1. The van der Waals surface area contributed by atoms with Crippen molar-refractivity contribution in [3.8, 4) is 0 Å². The molecule has 1 aliphatic rings. The molecule has 1 aliphatic carbocycles. The van der Waals surface area contributed by atoms with Crippen LogP contribution < -0.4 is 5.73 Å². The van der Waals surface area contributed by atoms with Crippen molar-refractivity contribution >= 4 is 0 Å². The smallest absolute Gasteiger partial charge is 0.246 e. The number of aromatic nitrogens is 2. The number of ether oxygens (including phenoxy) is 1. The topological polar surface area (TPSA) is 74.2 Å². The molecule has 5 heteroatoms. The van der Waals surface area contributed by atoms with Crippen LogP contribution >= 0.6 is 0 Å². The van der Waals surface area contributed by atoms with Crippen molar-refractivity contribution in [3.05, 3.63) is 11.7 Å². The molecular weight excluding hydrogens is 194 g/mol. The quantitative estimate of drug-likeness (QED) is 0.735. The first kappa shape index (κ1) is 10.6. The highest BCUT2D eigenvalue weighted by Gasteiger charge is 2.39. The van der Waals surface area contributed by atoms with E-state index in [0.717, 1.165) is 44.5 Å². The first-order valence-electron chi connectivity index (χ1n) is 5.35. The fourth-order valence-electron chi connectivity index (χ4n) is 1.70. The highest BCUT2D eigenvalue weighted by atomic mass is 16.5. The zero-order chi connectivity index (χ0) is 10.7. The molecule has 1 aromatic rings. The highest BCUT2D eigenvalue weighted by Crippen LogP contribution is 2.37. The van der Waals surface area contributed by atoms with E-state index >= 15 is 0 Å². The first-order chi connectivity index (χ1) is 7.24. The van der Waals surface area contributed by atoms with Crippen LogP contribution in [0.4, 0.5) is 0 Å². The number of aryl methyl sites for hydroxylation is 1. The lowest BCUT2D eigenvalue weighted by atomic mass is 9.78. The molecule has 0 spiro atoms. The van der Waals surface area contributed by atoms with Gasteiger partial charge in [0.15, 0.2) is 5.82 Å². The lowest BCUT2D eigenvalue weighted by Gasteiger charge is -2.33. The predicted octanol–water partition coefficient (Wildman–Crippen LogP) is 0.987. The van der Waals surface area contributed by atoms with Crippen molar-refractivity contribution in [1.29, 1.82) is 0 Å². The van der Waals surface area contributed by atoms with Crippen molar-refractivity contribution in [2.45, 2.75) is 37.6 Å². The Balaban J connectivity index is 1.92. The summed E-state index contributed by atoms with van der Waals surface area (Å²) in [5.41, 5.74) is 5.73. The van der Waals surface area contributed by atoms with Gasteiger partial charge < -0.3 is 15.0 Å². The fourth-order valence-corrected chi connectivity index (χ4v) is 1.70. The van der Waals surface area contributed by atoms with Crippen molar-refractivity contribution in [1.82, 2.24) is 10.1 Å². The van der Waals surface area contributed by atoms with Gasteiger partial charge in [0.2, 0.25) is 5.89 Å². The Morgan fingerprint density at radius 2 is 2.33 bits per heavy atom. The fraction of sp³-hybridized carbons (Fsp3) is 0.800. The maximum atomic E-state index is 6.07. The molecule has 2 N–H and O–H groups in total. The van der Waals surface area contributed by atoms with Gasteiger partial charge in [0.25, 0.3) is 0 Å². The van der Waals surface area contributed by atoms with Crippen LogP contribution in [-0.2, 0) is 16.7 Å². The second kappa shape index (κ2) is 4.28. The minimum absolute atomic E-state index is 0.341. The average Bonchev–Trinajstić information content (AvgIpc) is 2.64. The first-order valence-corrected chi connectivity index (χ1v) is 5.35. The standard InChI is InChI=1S/C10H17N3O2/c1-14-7-2-4-8-12-9(15-13-8)10(11)5-3-6-10/h2-7,11H2,1H3. The van der Waals surface area contributed by atoms with E-state index in [1.54, 1.807) is 7.11 Å². The van der Waals surface area contributed by atoms with Crippen LogP contribution in [0.3, 0.4) is 0 Å². The second-order valence-corrected chi connectivity index (χ2v) is 4.12. The Hall–Kier alpha value is -0.940. The molecule has 1 fully saturated rings. The average molecular weight is 211 g/mol. The molecule has 84 valence electrons. The molecule has 0 amide bonds. The third-order valence-electron chi connectivity index (χ3n) is 2.89. The Bertz CT molecular complexity index is 320. The van der Waals surface area contributed by atoms with E-state index in [2.05, 4.69) is 10.1 Å². The molecule has 0 aromatic carbocycles. The van der Waals surface area contributed by atoms with Gasteiger partial charge in [-0.1, -0.05) is 5.16 Å². The molecule has 5 nitrogen and oxygen atoms in total. The Morgan fingerprint density at radius 3 is 2.93 bits per heavy atom. The van der Waals surface area contributed by atoms with Crippen LogP contribution in [0.5, 0.6) is 0 Å². The lowest BCUT2D eigenvalue weighted by molar-refractivity contribution is 0.180. The van der Waals surface area contributed by atoms with Gasteiger partial charge in [-0.3, -0.25) is 0 Å². The number of nitrogens with two attached hydrogens (primary N) is 1. The number of nitrogens with zero attached hydrogens (tertiary/aromatic N) is 2. The monoisotopic (exact) mass is 211 g/mol. The SMILES string of the molecule is COCCCc1noc(C2(N)CCC2)n1. The molecule has 1 saturated carbocycles. The number of methoxy groups -OCH3 is 1. The van der Waals surface area contributed by atoms with Gasteiger partial charge in [-0.25, -0.2) is 0 Å². The van der Waals surface area contributed by atoms with Crippen LogP contribution in [0.15, 0.2) is 4.52 Å². The zero-order valence-corrected chi connectivity index (χ0v) is 9.03. The summed E-state index contributed by atoms with van der Waals surface area (Å²) >= 11 is 0. The van der Waals surface area contributed by atoms with E-state index in [9.17, 15) is 0 Å². The maximum absolute atomic E-state index is 6.07. The van der Waals surface area contributed by atoms with E-state index in [1.807, 2.05) is 0 Å². The summed E-state index contributed by atoms with van der Waals surface area (Å²) in [6.45, 7) is 0.720. The zero-order valence-electron chi connectivity index (χ0n) is 9.03. The Kier molecular flexibility index (Phi) is 3.02. The molecular formula is C10H17N3O2. The van der Waals surface area contributed by atoms with E-state index in [0.29, 0.717) is 5.89 Å². The van der Waals surface area contributed by atoms with Gasteiger partial charge in [0.1, 0.15) is 0 Å². The minimum Gasteiger partial charge on any atom is -0.385 e. The Labute approximate surface area is 89.0 Å². The molecule has 0 unspecified atom stereocenters. The van der Waals surface area contributed by atoms with Crippen molar-refractivity contribution in [2.24, 2.45) is 5.73 Å². The maximum Gasteiger partial charge on any atom is 0.246 e. The van der Waals surface area contributed by atoms with Gasteiger partial charge in [-0.15, -0.1) is 0 Å². The number of hydrogen-bond acceptors (Lipinski definition) is 5. The largest absolute Gasteiger partial charge is 0.385 e. The van der Waals surface area contributed by atoms with Gasteiger partial charge in [0, 0.05) is 20.1 Å². The third kappa shape index (κ3) is 2.18. The van der Waals surface area contributed by atoms with Gasteiger partial charge in [-0.05, 0) is 25.7 Å². The summed E-state index contributed by atoms with van der Waals surface area (Å²) in [7, 11) is 1.69. The molecule has 0 atom stereocenters. The summed E-state index contributed by atoms with van der Waals surface area (Å²) in [6, 6.07) is 0. The summed E-state index contributed by atoms with van der Waals surface area (Å²) in [6.07, 6.45) is 4.75. The molecule has 0 saturated heterocycles. The van der Waals surface area contributed by atoms with E-state index in [1.165, 1.54) is 0 Å². The van der Waals surface area contributed by atoms with Crippen molar-refractivity contribution < 1.29 is 9.26 Å². The van der Waals surface area contributed by atoms with Gasteiger partial charge in [0.05, 0.1) is 5.54 Å². The van der Waals surface area contributed by atoms with E-state index in [4.69, 9.17) is 15.0 Å². The number of rotatable bonds is 5. The van der Waals surface area contributed by atoms with Crippen molar-refractivity contribution in [2.75, 3.05) is 13.7 Å². The molecule has 15 heavy (non-hydrogen) atoms. The minimum atomic E-state index is -0.341.